The normalized spacial score (nSPS) is 10.3. The molecule has 3 nitrogen and oxygen atoms in total. The van der Waals surface area contributed by atoms with Gasteiger partial charge in [0.1, 0.15) is 5.82 Å². The zero-order chi connectivity index (χ0) is 11.3. The maximum absolute atomic E-state index is 12.9. The Morgan fingerprint density at radius 1 is 1.47 bits per heavy atom. The number of aliphatic hydroxyl groups excluding tert-OH is 1. The van der Waals surface area contributed by atoms with Gasteiger partial charge in [-0.2, -0.15) is 11.8 Å². The molecule has 5 heteroatoms. The van der Waals surface area contributed by atoms with E-state index < -0.39 is 11.8 Å². The summed E-state index contributed by atoms with van der Waals surface area (Å²) < 4.78 is 12.9. The average molecular weight is 230 g/mol. The van der Waals surface area contributed by atoms with Gasteiger partial charge in [0.15, 0.2) is 0 Å². The summed E-state index contributed by atoms with van der Waals surface area (Å²) in [6.07, 6.45) is 0. The van der Waals surface area contributed by atoms with Gasteiger partial charge in [-0.15, -0.1) is 0 Å². The van der Waals surface area contributed by atoms with Crippen molar-refractivity contribution < 1.29 is 19.4 Å². The largest absolute Gasteiger partial charge is 0.478 e. The Kier molecular flexibility index (Phi) is 4.58. The molecule has 0 saturated heterocycles. The van der Waals surface area contributed by atoms with Crippen LogP contribution in [0.1, 0.15) is 15.9 Å². The van der Waals surface area contributed by atoms with Crippen molar-refractivity contribution in [1.29, 1.82) is 0 Å². The quantitative estimate of drug-likeness (QED) is 0.757. The fourth-order valence-electron chi connectivity index (χ4n) is 1.14. The summed E-state index contributed by atoms with van der Waals surface area (Å²) in [5.74, 6) is -0.607. The Hall–Kier alpha value is -1.07. The molecule has 0 saturated carbocycles. The summed E-state index contributed by atoms with van der Waals surface area (Å²) in [6, 6.07) is 3.60. The molecule has 0 heterocycles. The highest BCUT2D eigenvalue weighted by Gasteiger charge is 2.10. The lowest BCUT2D eigenvalue weighted by Crippen LogP contribution is -2.02. The Labute approximate surface area is 90.9 Å². The minimum atomic E-state index is -1.06. The van der Waals surface area contributed by atoms with Gasteiger partial charge >= 0.3 is 5.97 Å². The first-order valence-corrected chi connectivity index (χ1v) is 5.51. The van der Waals surface area contributed by atoms with Crippen LogP contribution in [-0.2, 0) is 5.75 Å². The minimum Gasteiger partial charge on any atom is -0.478 e. The summed E-state index contributed by atoms with van der Waals surface area (Å²) >= 11 is 1.37. The Morgan fingerprint density at radius 2 is 2.20 bits per heavy atom. The molecule has 0 amide bonds. The number of halogens is 1. The van der Waals surface area contributed by atoms with Gasteiger partial charge in [0, 0.05) is 11.5 Å². The minimum absolute atomic E-state index is 0.0301. The molecule has 0 radical (unpaired) electrons. The van der Waals surface area contributed by atoms with E-state index in [0.717, 1.165) is 6.07 Å². The van der Waals surface area contributed by atoms with Crippen molar-refractivity contribution in [2.75, 3.05) is 12.4 Å². The van der Waals surface area contributed by atoms with E-state index in [2.05, 4.69) is 0 Å². The van der Waals surface area contributed by atoms with E-state index in [1.54, 1.807) is 0 Å². The zero-order valence-corrected chi connectivity index (χ0v) is 8.76. The van der Waals surface area contributed by atoms with Crippen molar-refractivity contribution in [3.63, 3.8) is 0 Å². The number of thioether (sulfide) groups is 1. The number of carboxylic acids is 1. The SMILES string of the molecule is O=C(O)c1ccc(F)cc1CSCCO. The maximum atomic E-state index is 12.9. The van der Waals surface area contributed by atoms with Crippen LogP contribution in [0.25, 0.3) is 0 Å². The van der Waals surface area contributed by atoms with Crippen LogP contribution in [0.5, 0.6) is 0 Å². The molecular formula is C10H11FO3S. The molecule has 1 aromatic carbocycles. The highest BCUT2D eigenvalue weighted by atomic mass is 32.2. The molecule has 0 fully saturated rings. The predicted molar refractivity (Wildman–Crippen MR) is 56.6 cm³/mol. The number of aliphatic hydroxyl groups is 1. The molecule has 0 unspecified atom stereocenters. The number of hydrogen-bond acceptors (Lipinski definition) is 3. The summed E-state index contributed by atoms with van der Waals surface area (Å²) in [5.41, 5.74) is 0.558. The van der Waals surface area contributed by atoms with Crippen LogP contribution >= 0.6 is 11.8 Å². The van der Waals surface area contributed by atoms with Crippen molar-refractivity contribution in [2.24, 2.45) is 0 Å². The number of hydrogen-bond donors (Lipinski definition) is 2. The Balaban J connectivity index is 2.82. The van der Waals surface area contributed by atoms with E-state index >= 15 is 0 Å². The first kappa shape index (κ1) is 12.0. The Morgan fingerprint density at radius 3 is 2.80 bits per heavy atom. The van der Waals surface area contributed by atoms with Crippen LogP contribution in [0.4, 0.5) is 4.39 Å². The molecule has 0 bridgehead atoms. The highest BCUT2D eigenvalue weighted by molar-refractivity contribution is 7.98. The third-order valence-electron chi connectivity index (χ3n) is 1.79. The lowest BCUT2D eigenvalue weighted by molar-refractivity contribution is 0.0696. The van der Waals surface area contributed by atoms with Crippen LogP contribution < -0.4 is 0 Å². The van der Waals surface area contributed by atoms with Gasteiger partial charge in [0.25, 0.3) is 0 Å². The standard InChI is InChI=1S/C10H11FO3S/c11-8-1-2-9(10(13)14)7(5-8)6-15-4-3-12/h1-2,5,12H,3-4,6H2,(H,13,14). The summed E-state index contributed by atoms with van der Waals surface area (Å²) in [7, 11) is 0. The van der Waals surface area contributed by atoms with Crippen molar-refractivity contribution in [1.82, 2.24) is 0 Å². The van der Waals surface area contributed by atoms with Crippen molar-refractivity contribution in [3.8, 4) is 0 Å². The van der Waals surface area contributed by atoms with E-state index in [-0.39, 0.29) is 12.2 Å². The second kappa shape index (κ2) is 5.72. The third-order valence-corrected chi connectivity index (χ3v) is 2.78. The van der Waals surface area contributed by atoms with Gasteiger partial charge in [-0.25, -0.2) is 9.18 Å². The van der Waals surface area contributed by atoms with Crippen LogP contribution in [0, 0.1) is 5.82 Å². The first-order chi connectivity index (χ1) is 7.15. The number of carbonyl (C=O) groups is 1. The van der Waals surface area contributed by atoms with Gasteiger partial charge in [-0.3, -0.25) is 0 Å². The second-order valence-corrected chi connectivity index (χ2v) is 3.99. The van der Waals surface area contributed by atoms with Crippen LogP contribution in [0.15, 0.2) is 18.2 Å². The van der Waals surface area contributed by atoms with Gasteiger partial charge in [-0.1, -0.05) is 0 Å². The van der Waals surface area contributed by atoms with Crippen molar-refractivity contribution in [2.45, 2.75) is 5.75 Å². The summed E-state index contributed by atoms with van der Waals surface area (Å²) in [4.78, 5) is 10.8. The van der Waals surface area contributed by atoms with Gasteiger partial charge in [0.05, 0.1) is 12.2 Å². The molecule has 0 spiro atoms. The van der Waals surface area contributed by atoms with E-state index in [4.69, 9.17) is 10.2 Å². The number of aromatic carboxylic acids is 1. The molecule has 1 rings (SSSR count). The first-order valence-electron chi connectivity index (χ1n) is 4.35. The molecule has 2 N–H and O–H groups in total. The number of benzene rings is 1. The summed E-state index contributed by atoms with van der Waals surface area (Å²) in [5, 5.41) is 17.4. The molecule has 0 aliphatic heterocycles. The lowest BCUT2D eigenvalue weighted by Gasteiger charge is -2.05. The van der Waals surface area contributed by atoms with E-state index in [1.165, 1.54) is 23.9 Å². The lowest BCUT2D eigenvalue weighted by atomic mass is 10.1. The molecule has 0 aliphatic rings. The molecule has 0 atom stereocenters. The molecule has 1 aromatic rings. The van der Waals surface area contributed by atoms with Gasteiger partial charge in [-0.05, 0) is 23.8 Å². The molecule has 15 heavy (non-hydrogen) atoms. The van der Waals surface area contributed by atoms with Crippen molar-refractivity contribution in [3.05, 3.63) is 35.1 Å². The van der Waals surface area contributed by atoms with Crippen molar-refractivity contribution >= 4 is 17.7 Å². The molecular weight excluding hydrogens is 219 g/mol. The van der Waals surface area contributed by atoms with Crippen LogP contribution in [-0.4, -0.2) is 28.5 Å². The van der Waals surface area contributed by atoms with Crippen LogP contribution in [0.2, 0.25) is 0 Å². The van der Waals surface area contributed by atoms with Crippen LogP contribution in [0.3, 0.4) is 0 Å². The third kappa shape index (κ3) is 3.53. The van der Waals surface area contributed by atoms with E-state index in [9.17, 15) is 9.18 Å². The molecule has 0 aliphatic carbocycles. The molecule has 82 valence electrons. The maximum Gasteiger partial charge on any atom is 0.335 e. The number of carboxylic acid groups (broad SMARTS) is 1. The Bertz CT molecular complexity index is 355. The zero-order valence-electron chi connectivity index (χ0n) is 7.94. The van der Waals surface area contributed by atoms with Gasteiger partial charge in [0.2, 0.25) is 0 Å². The topological polar surface area (TPSA) is 57.5 Å². The monoisotopic (exact) mass is 230 g/mol. The van der Waals surface area contributed by atoms with Gasteiger partial charge < -0.3 is 10.2 Å². The predicted octanol–water partition coefficient (Wildman–Crippen LogP) is 1.75. The molecule has 0 aromatic heterocycles. The smallest absolute Gasteiger partial charge is 0.335 e. The highest BCUT2D eigenvalue weighted by Crippen LogP contribution is 2.18. The fourth-order valence-corrected chi connectivity index (χ4v) is 1.87. The fraction of sp³-hybridized carbons (Fsp3) is 0.300. The summed E-state index contributed by atoms with van der Waals surface area (Å²) in [6.45, 7) is 0.0301. The average Bonchev–Trinajstić information content (AvgIpc) is 2.18. The number of rotatable bonds is 5. The second-order valence-electron chi connectivity index (χ2n) is 2.88. The van der Waals surface area contributed by atoms with E-state index in [1.807, 2.05) is 0 Å². The van der Waals surface area contributed by atoms with E-state index in [0.29, 0.717) is 17.1 Å².